The lowest BCUT2D eigenvalue weighted by atomic mass is 10.1. The van der Waals surface area contributed by atoms with E-state index < -0.39 is 0 Å². The Morgan fingerprint density at radius 2 is 1.52 bits per heavy atom. The highest BCUT2D eigenvalue weighted by molar-refractivity contribution is 6.32. The van der Waals surface area contributed by atoms with E-state index in [0.717, 1.165) is 17.9 Å². The first-order chi connectivity index (χ1) is 10.7. The zero-order valence-electron chi connectivity index (χ0n) is 13.4. The monoisotopic (exact) mass is 357 g/mol. The van der Waals surface area contributed by atoms with Crippen LogP contribution in [0.5, 0.6) is 17.2 Å². The summed E-state index contributed by atoms with van der Waals surface area (Å²) in [4.78, 5) is 0. The molecule has 0 saturated carbocycles. The summed E-state index contributed by atoms with van der Waals surface area (Å²) < 4.78 is 15.7. The van der Waals surface area contributed by atoms with Crippen LogP contribution in [-0.2, 0) is 13.1 Å². The van der Waals surface area contributed by atoms with Gasteiger partial charge in [-0.05, 0) is 35.4 Å². The molecule has 0 fully saturated rings. The van der Waals surface area contributed by atoms with E-state index in [2.05, 4.69) is 5.32 Å². The third-order valence-electron chi connectivity index (χ3n) is 3.31. The second-order valence-corrected chi connectivity index (χ2v) is 5.17. The van der Waals surface area contributed by atoms with Crippen LogP contribution in [0.2, 0.25) is 5.02 Å². The van der Waals surface area contributed by atoms with Crippen LogP contribution in [0.25, 0.3) is 0 Å². The molecule has 2 rings (SSSR count). The minimum atomic E-state index is 0. The molecule has 1 N–H and O–H groups in total. The molecule has 0 amide bonds. The van der Waals surface area contributed by atoms with E-state index in [0.29, 0.717) is 23.1 Å². The second kappa shape index (κ2) is 9.50. The predicted octanol–water partition coefficient (Wildman–Crippen LogP) is 4.08. The molecule has 0 bridgehead atoms. The molecule has 0 aromatic heterocycles. The van der Waals surface area contributed by atoms with Crippen LogP contribution < -0.4 is 19.5 Å². The van der Waals surface area contributed by atoms with E-state index in [9.17, 15) is 0 Å². The highest BCUT2D eigenvalue weighted by Crippen LogP contribution is 2.35. The van der Waals surface area contributed by atoms with Gasteiger partial charge in [0.2, 0.25) is 0 Å². The van der Waals surface area contributed by atoms with Gasteiger partial charge in [-0.15, -0.1) is 12.4 Å². The van der Waals surface area contributed by atoms with Crippen LogP contribution in [0.15, 0.2) is 36.4 Å². The summed E-state index contributed by atoms with van der Waals surface area (Å²) >= 11 is 6.20. The summed E-state index contributed by atoms with van der Waals surface area (Å²) in [6.07, 6.45) is 0. The first-order valence-electron chi connectivity index (χ1n) is 6.92. The Morgan fingerprint density at radius 1 is 0.870 bits per heavy atom. The van der Waals surface area contributed by atoms with Gasteiger partial charge in [0.15, 0.2) is 11.5 Å². The summed E-state index contributed by atoms with van der Waals surface area (Å²) in [5.41, 5.74) is 2.23. The Bertz CT molecular complexity index is 618. The molecule has 23 heavy (non-hydrogen) atoms. The van der Waals surface area contributed by atoms with E-state index in [-0.39, 0.29) is 12.4 Å². The molecule has 0 aliphatic heterocycles. The van der Waals surface area contributed by atoms with Crippen LogP contribution in [0.3, 0.4) is 0 Å². The standard InChI is InChI=1S/C17H20ClNO3.ClH/c1-20-14-6-4-12(5-7-14)10-19-11-13-8-15(18)17(22-3)16(9-13)21-2;/h4-9,19H,10-11H2,1-3H3;1H. The van der Waals surface area contributed by atoms with Gasteiger partial charge in [0, 0.05) is 13.1 Å². The fourth-order valence-electron chi connectivity index (χ4n) is 2.17. The lowest BCUT2D eigenvalue weighted by Gasteiger charge is -2.12. The molecule has 0 saturated heterocycles. The number of rotatable bonds is 7. The minimum absolute atomic E-state index is 0. The van der Waals surface area contributed by atoms with Crippen molar-refractivity contribution in [2.45, 2.75) is 13.1 Å². The van der Waals surface area contributed by atoms with Crippen molar-refractivity contribution in [2.75, 3.05) is 21.3 Å². The molecule has 0 aliphatic carbocycles. The third kappa shape index (κ3) is 5.20. The molecule has 126 valence electrons. The number of nitrogens with one attached hydrogen (secondary N) is 1. The lowest BCUT2D eigenvalue weighted by molar-refractivity contribution is 0.354. The Balaban J connectivity index is 0.00000264. The van der Waals surface area contributed by atoms with E-state index in [1.54, 1.807) is 21.3 Å². The average molecular weight is 358 g/mol. The minimum Gasteiger partial charge on any atom is -0.497 e. The van der Waals surface area contributed by atoms with Crippen molar-refractivity contribution in [1.82, 2.24) is 5.32 Å². The summed E-state index contributed by atoms with van der Waals surface area (Å²) in [5.74, 6) is 2.05. The molecule has 2 aromatic carbocycles. The van der Waals surface area contributed by atoms with Crippen LogP contribution in [0.4, 0.5) is 0 Å². The SMILES string of the molecule is COc1ccc(CNCc2cc(Cl)c(OC)c(OC)c2)cc1.Cl. The van der Waals surface area contributed by atoms with Crippen LogP contribution in [0.1, 0.15) is 11.1 Å². The molecule has 0 unspecified atom stereocenters. The number of halogens is 2. The van der Waals surface area contributed by atoms with Crippen molar-refractivity contribution in [3.05, 3.63) is 52.5 Å². The highest BCUT2D eigenvalue weighted by Gasteiger charge is 2.10. The van der Waals surface area contributed by atoms with E-state index in [4.69, 9.17) is 25.8 Å². The molecule has 0 spiro atoms. The number of benzene rings is 2. The van der Waals surface area contributed by atoms with Gasteiger partial charge in [0.05, 0.1) is 26.4 Å². The van der Waals surface area contributed by atoms with Gasteiger partial charge >= 0.3 is 0 Å². The third-order valence-corrected chi connectivity index (χ3v) is 3.59. The molecular weight excluding hydrogens is 337 g/mol. The van der Waals surface area contributed by atoms with Crippen LogP contribution in [0, 0.1) is 0 Å². The average Bonchev–Trinajstić information content (AvgIpc) is 2.55. The number of hydrogen-bond donors (Lipinski definition) is 1. The van der Waals surface area contributed by atoms with Gasteiger partial charge in [-0.3, -0.25) is 0 Å². The Morgan fingerprint density at radius 3 is 2.09 bits per heavy atom. The van der Waals surface area contributed by atoms with Crippen molar-refractivity contribution < 1.29 is 14.2 Å². The lowest BCUT2D eigenvalue weighted by Crippen LogP contribution is -2.12. The maximum atomic E-state index is 6.20. The molecule has 6 heteroatoms. The number of ether oxygens (including phenoxy) is 3. The zero-order chi connectivity index (χ0) is 15.9. The van der Waals surface area contributed by atoms with E-state index in [1.165, 1.54) is 5.56 Å². The topological polar surface area (TPSA) is 39.7 Å². The number of hydrogen-bond acceptors (Lipinski definition) is 4. The molecule has 0 aliphatic rings. The molecule has 0 atom stereocenters. The van der Waals surface area contributed by atoms with Gasteiger partial charge in [0.25, 0.3) is 0 Å². The molecule has 4 nitrogen and oxygen atoms in total. The smallest absolute Gasteiger partial charge is 0.179 e. The Kier molecular flexibility index (Phi) is 8.03. The fraction of sp³-hybridized carbons (Fsp3) is 0.294. The summed E-state index contributed by atoms with van der Waals surface area (Å²) in [6.45, 7) is 1.45. The van der Waals surface area contributed by atoms with Crippen molar-refractivity contribution in [1.29, 1.82) is 0 Å². The molecule has 2 aromatic rings. The summed E-state index contributed by atoms with van der Waals surface area (Å²) in [5, 5.41) is 3.92. The maximum Gasteiger partial charge on any atom is 0.179 e. The fourth-order valence-corrected chi connectivity index (χ4v) is 2.48. The quantitative estimate of drug-likeness (QED) is 0.810. The van der Waals surface area contributed by atoms with Crippen molar-refractivity contribution >= 4 is 24.0 Å². The largest absolute Gasteiger partial charge is 0.497 e. The van der Waals surface area contributed by atoms with E-state index in [1.807, 2.05) is 36.4 Å². The van der Waals surface area contributed by atoms with Crippen molar-refractivity contribution in [3.63, 3.8) is 0 Å². The van der Waals surface area contributed by atoms with Gasteiger partial charge in [0.1, 0.15) is 5.75 Å². The highest BCUT2D eigenvalue weighted by atomic mass is 35.5. The zero-order valence-corrected chi connectivity index (χ0v) is 15.0. The first-order valence-corrected chi connectivity index (χ1v) is 7.29. The Labute approximate surface area is 148 Å². The van der Waals surface area contributed by atoms with E-state index >= 15 is 0 Å². The molecular formula is C17H21Cl2NO3. The molecule has 0 heterocycles. The van der Waals surface area contributed by atoms with Crippen LogP contribution in [-0.4, -0.2) is 21.3 Å². The van der Waals surface area contributed by atoms with Crippen LogP contribution >= 0.6 is 24.0 Å². The normalized spacial score (nSPS) is 9.91. The second-order valence-electron chi connectivity index (χ2n) is 4.76. The van der Waals surface area contributed by atoms with Gasteiger partial charge in [-0.1, -0.05) is 23.7 Å². The summed E-state index contributed by atoms with van der Waals surface area (Å²) in [7, 11) is 4.84. The predicted molar refractivity (Wildman–Crippen MR) is 95.3 cm³/mol. The maximum absolute atomic E-state index is 6.20. The van der Waals surface area contributed by atoms with Crippen molar-refractivity contribution in [3.8, 4) is 17.2 Å². The van der Waals surface area contributed by atoms with Gasteiger partial charge in [-0.2, -0.15) is 0 Å². The first kappa shape index (κ1) is 19.4. The van der Waals surface area contributed by atoms with Gasteiger partial charge < -0.3 is 19.5 Å². The van der Waals surface area contributed by atoms with Crippen molar-refractivity contribution in [2.24, 2.45) is 0 Å². The molecule has 0 radical (unpaired) electrons. The number of methoxy groups -OCH3 is 3. The Hall–Kier alpha value is -1.62. The summed E-state index contributed by atoms with van der Waals surface area (Å²) in [6, 6.07) is 11.8. The van der Waals surface area contributed by atoms with Gasteiger partial charge in [-0.25, -0.2) is 0 Å².